The molecule has 7 nitrogen and oxygen atoms in total. The van der Waals surface area contributed by atoms with Gasteiger partial charge < -0.3 is 9.47 Å². The van der Waals surface area contributed by atoms with E-state index in [4.69, 9.17) is 4.74 Å². The minimum atomic E-state index is -4.10. The van der Waals surface area contributed by atoms with Crippen molar-refractivity contribution in [3.63, 3.8) is 0 Å². The Balaban J connectivity index is 1.99. The molecule has 8 heteroatoms. The number of sulfonamides is 1. The second-order valence-electron chi connectivity index (χ2n) is 6.35. The van der Waals surface area contributed by atoms with Gasteiger partial charge in [0.05, 0.1) is 17.6 Å². The van der Waals surface area contributed by atoms with Gasteiger partial charge in [-0.2, -0.15) is 4.72 Å². The first kappa shape index (κ1) is 22.6. The van der Waals surface area contributed by atoms with Crippen LogP contribution in [0.5, 0.6) is 0 Å². The van der Waals surface area contributed by atoms with Gasteiger partial charge in [-0.1, -0.05) is 49.7 Å². The average Bonchev–Trinajstić information content (AvgIpc) is 2.74. The summed E-state index contributed by atoms with van der Waals surface area (Å²) < 4.78 is 37.0. The number of hydrogen-bond donors (Lipinski definition) is 1. The Labute approximate surface area is 171 Å². The third kappa shape index (κ3) is 6.40. The van der Waals surface area contributed by atoms with E-state index in [1.165, 1.54) is 24.3 Å². The molecule has 0 aromatic heterocycles. The predicted octanol–water partition coefficient (Wildman–Crippen LogP) is 2.84. The molecule has 0 saturated heterocycles. The van der Waals surface area contributed by atoms with Crippen molar-refractivity contribution in [2.75, 3.05) is 13.7 Å². The minimum Gasteiger partial charge on any atom is -0.465 e. The van der Waals surface area contributed by atoms with Gasteiger partial charge in [-0.05, 0) is 36.1 Å². The lowest BCUT2D eigenvalue weighted by molar-refractivity contribution is -0.143. The van der Waals surface area contributed by atoms with Crippen molar-refractivity contribution >= 4 is 22.0 Å². The number of carbonyl (C=O) groups is 2. The minimum absolute atomic E-state index is 0.0686. The van der Waals surface area contributed by atoms with E-state index in [1.54, 1.807) is 0 Å². The summed E-state index contributed by atoms with van der Waals surface area (Å²) in [7, 11) is -2.93. The summed E-state index contributed by atoms with van der Waals surface area (Å²) >= 11 is 0. The van der Waals surface area contributed by atoms with Crippen molar-refractivity contribution in [2.45, 2.75) is 37.7 Å². The SMILES string of the molecule is CCCCc1ccccc1COC(=O)CNS(=O)(=O)c1ccccc1C(=O)OC. The second kappa shape index (κ2) is 10.7. The molecule has 0 bridgehead atoms. The molecule has 0 amide bonds. The molecule has 0 fully saturated rings. The fraction of sp³-hybridized carbons (Fsp3) is 0.333. The van der Waals surface area contributed by atoms with Crippen molar-refractivity contribution in [1.29, 1.82) is 0 Å². The average molecular weight is 419 g/mol. The van der Waals surface area contributed by atoms with E-state index in [0.29, 0.717) is 0 Å². The summed E-state index contributed by atoms with van der Waals surface area (Å²) in [5.74, 6) is -1.49. The summed E-state index contributed by atoms with van der Waals surface area (Å²) in [5.41, 5.74) is 1.89. The topological polar surface area (TPSA) is 98.8 Å². The first-order valence-corrected chi connectivity index (χ1v) is 10.8. The van der Waals surface area contributed by atoms with Crippen LogP contribution in [-0.2, 0) is 37.3 Å². The van der Waals surface area contributed by atoms with Crippen LogP contribution in [0.25, 0.3) is 0 Å². The van der Waals surface area contributed by atoms with Crippen molar-refractivity contribution in [3.8, 4) is 0 Å². The van der Waals surface area contributed by atoms with E-state index in [9.17, 15) is 18.0 Å². The molecule has 1 N–H and O–H groups in total. The molecule has 2 aromatic carbocycles. The van der Waals surface area contributed by atoms with Gasteiger partial charge in [0.25, 0.3) is 0 Å². The maximum atomic E-state index is 12.5. The maximum Gasteiger partial charge on any atom is 0.339 e. The third-order valence-electron chi connectivity index (χ3n) is 4.30. The van der Waals surface area contributed by atoms with E-state index in [2.05, 4.69) is 16.4 Å². The molecule has 2 aromatic rings. The molecule has 0 heterocycles. The molecule has 29 heavy (non-hydrogen) atoms. The quantitative estimate of drug-likeness (QED) is 0.595. The van der Waals surface area contributed by atoms with Crippen LogP contribution in [-0.4, -0.2) is 34.0 Å². The van der Waals surface area contributed by atoms with Gasteiger partial charge in [-0.15, -0.1) is 0 Å². The highest BCUT2D eigenvalue weighted by molar-refractivity contribution is 7.89. The fourth-order valence-electron chi connectivity index (χ4n) is 2.73. The van der Waals surface area contributed by atoms with E-state index >= 15 is 0 Å². The summed E-state index contributed by atoms with van der Waals surface area (Å²) in [6, 6.07) is 13.3. The monoisotopic (exact) mass is 419 g/mol. The number of ether oxygens (including phenoxy) is 2. The molecule has 0 aliphatic carbocycles. The maximum absolute atomic E-state index is 12.5. The third-order valence-corrected chi connectivity index (χ3v) is 5.75. The standard InChI is InChI=1S/C21H25NO6S/c1-3-4-9-16-10-5-6-11-17(16)15-28-20(23)14-22-29(25,26)19-13-8-7-12-18(19)21(24)27-2/h5-8,10-13,22H,3-4,9,14-15H2,1-2H3. The Bertz CT molecular complexity index is 955. The summed E-state index contributed by atoms with van der Waals surface area (Å²) in [4.78, 5) is 23.6. The Kier molecular flexibility index (Phi) is 8.35. The lowest BCUT2D eigenvalue weighted by Crippen LogP contribution is -2.31. The highest BCUT2D eigenvalue weighted by Gasteiger charge is 2.23. The van der Waals surface area contributed by atoms with Crippen molar-refractivity contribution in [3.05, 3.63) is 65.2 Å². The van der Waals surface area contributed by atoms with Gasteiger partial charge in [-0.25, -0.2) is 13.2 Å². The van der Waals surface area contributed by atoms with Crippen LogP contribution in [0.3, 0.4) is 0 Å². The van der Waals surface area contributed by atoms with E-state index in [1.807, 2.05) is 24.3 Å². The molecular weight excluding hydrogens is 394 g/mol. The number of aryl methyl sites for hydroxylation is 1. The number of methoxy groups -OCH3 is 1. The molecular formula is C21H25NO6S. The van der Waals surface area contributed by atoms with Crippen LogP contribution in [0.2, 0.25) is 0 Å². The lowest BCUT2D eigenvalue weighted by Gasteiger charge is -2.12. The molecule has 156 valence electrons. The number of benzene rings is 2. The van der Waals surface area contributed by atoms with Gasteiger partial charge in [0.15, 0.2) is 0 Å². The highest BCUT2D eigenvalue weighted by atomic mass is 32.2. The van der Waals surface area contributed by atoms with Gasteiger partial charge in [0.2, 0.25) is 10.0 Å². The molecule has 0 spiro atoms. The number of nitrogens with one attached hydrogen (secondary N) is 1. The molecule has 0 aliphatic heterocycles. The lowest BCUT2D eigenvalue weighted by atomic mass is 10.0. The largest absolute Gasteiger partial charge is 0.465 e. The molecule has 0 saturated carbocycles. The molecule has 0 aliphatic rings. The van der Waals surface area contributed by atoms with E-state index in [0.717, 1.165) is 37.5 Å². The van der Waals surface area contributed by atoms with Gasteiger partial charge in [0.1, 0.15) is 13.2 Å². The Morgan fingerprint density at radius 3 is 2.34 bits per heavy atom. The first-order valence-electron chi connectivity index (χ1n) is 9.28. The van der Waals surface area contributed by atoms with Crippen LogP contribution < -0.4 is 4.72 Å². The van der Waals surface area contributed by atoms with Gasteiger partial charge in [0, 0.05) is 0 Å². The van der Waals surface area contributed by atoms with E-state index < -0.39 is 28.5 Å². The number of rotatable bonds is 10. The number of esters is 2. The normalized spacial score (nSPS) is 11.1. The number of hydrogen-bond acceptors (Lipinski definition) is 6. The second-order valence-corrected chi connectivity index (χ2v) is 8.08. The molecule has 2 rings (SSSR count). The van der Waals surface area contributed by atoms with Crippen molar-refractivity contribution in [2.24, 2.45) is 0 Å². The molecule has 0 atom stereocenters. The van der Waals surface area contributed by atoms with Crippen LogP contribution in [0.15, 0.2) is 53.4 Å². The zero-order chi connectivity index (χ0) is 21.3. The number of unbranched alkanes of at least 4 members (excludes halogenated alkanes) is 1. The summed E-state index contributed by atoms with van der Waals surface area (Å²) in [6.45, 7) is 1.63. The molecule has 0 radical (unpaired) electrons. The van der Waals surface area contributed by atoms with Gasteiger partial charge >= 0.3 is 11.9 Å². The fourth-order valence-corrected chi connectivity index (χ4v) is 3.89. The van der Waals surface area contributed by atoms with Crippen LogP contribution in [0.1, 0.15) is 41.3 Å². The van der Waals surface area contributed by atoms with Crippen molar-refractivity contribution in [1.82, 2.24) is 4.72 Å². The predicted molar refractivity (Wildman–Crippen MR) is 108 cm³/mol. The molecule has 0 unspecified atom stereocenters. The first-order chi connectivity index (χ1) is 13.9. The summed E-state index contributed by atoms with van der Waals surface area (Å²) in [6.07, 6.45) is 2.98. The van der Waals surface area contributed by atoms with Crippen LogP contribution in [0.4, 0.5) is 0 Å². The number of carbonyl (C=O) groups excluding carboxylic acids is 2. The zero-order valence-corrected chi connectivity index (χ0v) is 17.3. The van der Waals surface area contributed by atoms with Crippen molar-refractivity contribution < 1.29 is 27.5 Å². The zero-order valence-electron chi connectivity index (χ0n) is 16.5. The summed E-state index contributed by atoms with van der Waals surface area (Å²) in [5, 5.41) is 0. The Morgan fingerprint density at radius 2 is 1.66 bits per heavy atom. The van der Waals surface area contributed by atoms with Crippen LogP contribution >= 0.6 is 0 Å². The van der Waals surface area contributed by atoms with Crippen LogP contribution in [0, 0.1) is 0 Å². The smallest absolute Gasteiger partial charge is 0.339 e. The highest BCUT2D eigenvalue weighted by Crippen LogP contribution is 2.16. The van der Waals surface area contributed by atoms with Gasteiger partial charge in [-0.3, -0.25) is 4.79 Å². The van der Waals surface area contributed by atoms with E-state index in [-0.39, 0.29) is 17.1 Å². The Hall–Kier alpha value is -2.71. The Morgan fingerprint density at radius 1 is 1.00 bits per heavy atom.